The van der Waals surface area contributed by atoms with Gasteiger partial charge in [-0.05, 0) is 31.7 Å². The lowest BCUT2D eigenvalue weighted by atomic mass is 9.49. The first-order valence-corrected chi connectivity index (χ1v) is 11.9. The third-order valence-electron chi connectivity index (χ3n) is 11.0. The number of nitrogens with zero attached hydrogens (tertiary/aromatic N) is 1. The van der Waals surface area contributed by atoms with E-state index in [1.807, 2.05) is 0 Å². The van der Waals surface area contributed by atoms with E-state index in [-0.39, 0.29) is 35.4 Å². The van der Waals surface area contributed by atoms with Crippen LogP contribution < -0.4 is 0 Å². The molecule has 0 aromatic heterocycles. The van der Waals surface area contributed by atoms with Crippen LogP contribution in [0.15, 0.2) is 0 Å². The number of rotatable bonds is 5. The minimum absolute atomic E-state index is 0.0255. The summed E-state index contributed by atoms with van der Waals surface area (Å²) >= 11 is 0. The van der Waals surface area contributed by atoms with Crippen LogP contribution in [-0.4, -0.2) is 108 Å². The molecule has 14 atom stereocenters. The van der Waals surface area contributed by atoms with E-state index in [4.69, 9.17) is 14.2 Å². The second-order valence-electron chi connectivity index (χ2n) is 11.1. The fourth-order valence-electron chi connectivity index (χ4n) is 10.6. The minimum atomic E-state index is -1.53. The van der Waals surface area contributed by atoms with Crippen LogP contribution in [0.5, 0.6) is 0 Å². The van der Waals surface area contributed by atoms with Crippen molar-refractivity contribution < 1.29 is 34.6 Å². The van der Waals surface area contributed by atoms with Crippen molar-refractivity contribution in [1.29, 1.82) is 0 Å². The first kappa shape index (κ1) is 21.2. The number of piperidine rings is 1. The summed E-state index contributed by atoms with van der Waals surface area (Å²) in [5, 5.41) is 46.9. The van der Waals surface area contributed by atoms with Gasteiger partial charge in [0.1, 0.15) is 11.7 Å². The first-order valence-electron chi connectivity index (χ1n) is 11.9. The Balaban J connectivity index is 1.63. The number of hydrogen-bond donors (Lipinski definition) is 4. The smallest absolute Gasteiger partial charge is 0.110 e. The predicted molar refractivity (Wildman–Crippen MR) is 109 cm³/mol. The van der Waals surface area contributed by atoms with Crippen molar-refractivity contribution in [1.82, 2.24) is 4.90 Å². The van der Waals surface area contributed by atoms with Gasteiger partial charge in [0.05, 0.1) is 36.6 Å². The monoisotopic (exact) mass is 439 g/mol. The highest BCUT2D eigenvalue weighted by atomic mass is 16.5. The molecule has 0 aromatic carbocycles. The van der Waals surface area contributed by atoms with Gasteiger partial charge in [-0.2, -0.15) is 0 Å². The summed E-state index contributed by atoms with van der Waals surface area (Å²) in [5.74, 6) is -1.29. The number of ether oxygens (including phenoxy) is 3. The molecule has 0 amide bonds. The average Bonchev–Trinajstić information content (AvgIpc) is 3.27. The molecular weight excluding hydrogens is 402 g/mol. The van der Waals surface area contributed by atoms with Crippen LogP contribution in [0.1, 0.15) is 26.2 Å². The summed E-state index contributed by atoms with van der Waals surface area (Å²) in [6.07, 6.45) is -1.24. The molecule has 5 aliphatic carbocycles. The number of likely N-dealkylation sites (tertiary alicyclic amines) is 1. The number of aliphatic hydroxyl groups is 4. The number of hydrogen-bond acceptors (Lipinski definition) is 8. The molecule has 6 fully saturated rings. The minimum Gasteiger partial charge on any atom is -0.392 e. The predicted octanol–water partition coefficient (Wildman–Crippen LogP) is -0.775. The van der Waals surface area contributed by atoms with E-state index < -0.39 is 47.3 Å². The van der Waals surface area contributed by atoms with E-state index in [0.717, 1.165) is 13.0 Å². The van der Waals surface area contributed by atoms with Crippen molar-refractivity contribution in [3.05, 3.63) is 0 Å². The van der Waals surface area contributed by atoms with Crippen LogP contribution in [0.2, 0.25) is 0 Å². The van der Waals surface area contributed by atoms with E-state index in [1.54, 1.807) is 21.3 Å². The molecule has 8 nitrogen and oxygen atoms in total. The molecule has 4 N–H and O–H groups in total. The fraction of sp³-hybridized carbons (Fsp3) is 1.00. The van der Waals surface area contributed by atoms with E-state index in [1.165, 1.54) is 0 Å². The van der Waals surface area contributed by atoms with Crippen LogP contribution >= 0.6 is 0 Å². The Labute approximate surface area is 183 Å². The molecule has 1 aliphatic heterocycles. The Kier molecular flexibility index (Phi) is 4.39. The van der Waals surface area contributed by atoms with Crippen LogP contribution in [0.4, 0.5) is 0 Å². The summed E-state index contributed by atoms with van der Waals surface area (Å²) < 4.78 is 17.6. The van der Waals surface area contributed by atoms with Crippen molar-refractivity contribution >= 4 is 0 Å². The highest BCUT2D eigenvalue weighted by Gasteiger charge is 2.90. The quantitative estimate of drug-likeness (QED) is 0.442. The summed E-state index contributed by atoms with van der Waals surface area (Å²) in [4.78, 5) is 2.46. The Morgan fingerprint density at radius 3 is 2.35 bits per heavy atom. The number of fused-ring (bicyclic) bond motifs is 2. The highest BCUT2D eigenvalue weighted by molar-refractivity contribution is 5.40. The molecule has 176 valence electrons. The Morgan fingerprint density at radius 2 is 1.74 bits per heavy atom. The first-order chi connectivity index (χ1) is 14.8. The van der Waals surface area contributed by atoms with E-state index in [2.05, 4.69) is 11.8 Å². The summed E-state index contributed by atoms with van der Waals surface area (Å²) in [6, 6.07) is -0.137. The maximum Gasteiger partial charge on any atom is 0.110 e. The molecule has 1 heterocycles. The van der Waals surface area contributed by atoms with Crippen LogP contribution in [-0.2, 0) is 14.2 Å². The second-order valence-corrected chi connectivity index (χ2v) is 11.1. The molecule has 5 unspecified atom stereocenters. The van der Waals surface area contributed by atoms with Gasteiger partial charge in [-0.25, -0.2) is 0 Å². The molecule has 6 rings (SSSR count). The van der Waals surface area contributed by atoms with Gasteiger partial charge in [-0.15, -0.1) is 0 Å². The number of methoxy groups -OCH3 is 3. The van der Waals surface area contributed by atoms with Gasteiger partial charge < -0.3 is 34.6 Å². The van der Waals surface area contributed by atoms with Crippen molar-refractivity contribution in [3.8, 4) is 0 Å². The lowest BCUT2D eigenvalue weighted by Gasteiger charge is -2.61. The van der Waals surface area contributed by atoms with Crippen molar-refractivity contribution in [2.75, 3.05) is 34.5 Å². The number of likely N-dealkylation sites (N-methyl/N-ethyl adjacent to an activating group) is 1. The Hall–Kier alpha value is -0.320. The zero-order valence-electron chi connectivity index (χ0n) is 18.8. The standard InChI is InChI=1S/C23H37NO7/c1-5-24-19-14-17(31-4)18-21(24,9-29-2)7-6-12(25)22(18,19)11-8-10-15(26)13(11)23(14,28)20(27)16(10)30-3/h10-20,25-28H,5-9H2,1-4H3/t10-,11+,12?,13+,14-,15?,16?,17?,18+,19+,20?,21-,22-,23+/m0/s1. The fourth-order valence-corrected chi connectivity index (χ4v) is 10.6. The molecule has 31 heavy (non-hydrogen) atoms. The molecule has 1 saturated heterocycles. The van der Waals surface area contributed by atoms with E-state index >= 15 is 0 Å². The van der Waals surface area contributed by atoms with Gasteiger partial charge >= 0.3 is 0 Å². The molecule has 0 aromatic rings. The molecule has 6 aliphatic rings. The third-order valence-corrected chi connectivity index (χ3v) is 11.0. The van der Waals surface area contributed by atoms with Crippen LogP contribution in [0.3, 0.4) is 0 Å². The van der Waals surface area contributed by atoms with Gasteiger partial charge in [-0.3, -0.25) is 4.90 Å². The zero-order chi connectivity index (χ0) is 22.1. The van der Waals surface area contributed by atoms with Gasteiger partial charge in [0.25, 0.3) is 0 Å². The maximum atomic E-state index is 12.4. The van der Waals surface area contributed by atoms with Gasteiger partial charge in [-0.1, -0.05) is 6.92 Å². The third kappa shape index (κ3) is 1.89. The Morgan fingerprint density at radius 1 is 1.03 bits per heavy atom. The average molecular weight is 440 g/mol. The van der Waals surface area contributed by atoms with Gasteiger partial charge in [0.2, 0.25) is 0 Å². The Bertz CT molecular complexity index is 768. The lowest BCUT2D eigenvalue weighted by Crippen LogP contribution is -2.75. The lowest BCUT2D eigenvalue weighted by molar-refractivity contribution is -0.283. The normalized spacial score (nSPS) is 63.7. The van der Waals surface area contributed by atoms with Crippen LogP contribution in [0, 0.1) is 35.0 Å². The van der Waals surface area contributed by atoms with Crippen molar-refractivity contribution in [3.63, 3.8) is 0 Å². The van der Waals surface area contributed by atoms with Gasteiger partial charge in [0.15, 0.2) is 0 Å². The van der Waals surface area contributed by atoms with Crippen molar-refractivity contribution in [2.45, 2.75) is 73.9 Å². The van der Waals surface area contributed by atoms with Crippen LogP contribution in [0.25, 0.3) is 0 Å². The van der Waals surface area contributed by atoms with E-state index in [9.17, 15) is 20.4 Å². The highest BCUT2D eigenvalue weighted by Crippen LogP contribution is 2.80. The second kappa shape index (κ2) is 6.42. The van der Waals surface area contributed by atoms with E-state index in [0.29, 0.717) is 19.4 Å². The number of aliphatic hydroxyl groups excluding tert-OH is 3. The molecule has 7 bridgehead atoms. The molecule has 1 spiro atoms. The molecule has 5 saturated carbocycles. The van der Waals surface area contributed by atoms with Gasteiger partial charge in [0, 0.05) is 56.5 Å². The maximum absolute atomic E-state index is 12.4. The summed E-state index contributed by atoms with van der Waals surface area (Å²) in [6.45, 7) is 3.45. The molecular formula is C23H37NO7. The summed E-state index contributed by atoms with van der Waals surface area (Å²) in [7, 11) is 4.95. The SMILES string of the molecule is CCN1[C@@H]2[C@@H]3C(OC)[C@H]4[C@@]2(C(O)CC[C@]41COC)[C@@H]1C[C@@H]2C(OC)C(O)[C@@]3(O)[C@H]1C2O. The summed E-state index contributed by atoms with van der Waals surface area (Å²) in [5.41, 5.74) is -2.29. The molecule has 0 radical (unpaired) electrons. The zero-order valence-corrected chi connectivity index (χ0v) is 18.8. The van der Waals surface area contributed by atoms with Crippen molar-refractivity contribution in [2.24, 2.45) is 35.0 Å². The molecule has 8 heteroatoms. The largest absolute Gasteiger partial charge is 0.392 e. The topological polar surface area (TPSA) is 112 Å².